The van der Waals surface area contributed by atoms with Crippen LogP contribution in [0.1, 0.15) is 61.3 Å². The molecular weight excluding hydrogens is 242 g/mol. The molecule has 0 saturated carbocycles. The lowest BCUT2D eigenvalue weighted by Crippen LogP contribution is -2.31. The Morgan fingerprint density at radius 3 is 2.26 bits per heavy atom. The standard InChI is InChI=1S/C15H23NO3/c1-6-12(7-2)10(4)16-11(5)14(15(18)19)9(3)8-13(16)17/h8,10,12H,6-7H2,1-5H3,(H,18,19). The van der Waals surface area contributed by atoms with Crippen molar-refractivity contribution in [2.24, 2.45) is 5.92 Å². The quantitative estimate of drug-likeness (QED) is 0.889. The summed E-state index contributed by atoms with van der Waals surface area (Å²) in [7, 11) is 0. The van der Waals surface area contributed by atoms with Crippen LogP contribution in [0.4, 0.5) is 0 Å². The van der Waals surface area contributed by atoms with E-state index in [1.807, 2.05) is 6.92 Å². The molecule has 1 aromatic heterocycles. The van der Waals surface area contributed by atoms with Gasteiger partial charge in [-0.15, -0.1) is 0 Å². The summed E-state index contributed by atoms with van der Waals surface area (Å²) in [5, 5.41) is 9.28. The van der Waals surface area contributed by atoms with Crippen molar-refractivity contribution < 1.29 is 9.90 Å². The van der Waals surface area contributed by atoms with Crippen LogP contribution in [0.5, 0.6) is 0 Å². The molecule has 4 nitrogen and oxygen atoms in total. The fourth-order valence-electron chi connectivity index (χ4n) is 2.91. The minimum atomic E-state index is -0.972. The van der Waals surface area contributed by atoms with Crippen LogP contribution in [0, 0.1) is 19.8 Å². The van der Waals surface area contributed by atoms with Gasteiger partial charge in [-0.2, -0.15) is 0 Å². The maximum atomic E-state index is 12.2. The normalized spacial score (nSPS) is 12.7. The van der Waals surface area contributed by atoms with Crippen molar-refractivity contribution >= 4 is 5.97 Å². The Morgan fingerprint density at radius 2 is 1.84 bits per heavy atom. The first-order chi connectivity index (χ1) is 8.84. The van der Waals surface area contributed by atoms with Gasteiger partial charge in [-0.05, 0) is 32.3 Å². The van der Waals surface area contributed by atoms with Gasteiger partial charge in [-0.3, -0.25) is 4.79 Å². The van der Waals surface area contributed by atoms with Gasteiger partial charge in [0.05, 0.1) is 5.56 Å². The van der Waals surface area contributed by atoms with Gasteiger partial charge in [-0.1, -0.05) is 26.7 Å². The monoisotopic (exact) mass is 265 g/mol. The van der Waals surface area contributed by atoms with Gasteiger partial charge < -0.3 is 9.67 Å². The molecule has 1 rings (SSSR count). The third-order valence-corrected chi connectivity index (χ3v) is 4.05. The van der Waals surface area contributed by atoms with E-state index in [2.05, 4.69) is 13.8 Å². The highest BCUT2D eigenvalue weighted by molar-refractivity contribution is 5.90. The Morgan fingerprint density at radius 1 is 1.32 bits per heavy atom. The Kier molecular flexibility index (Phi) is 4.92. The molecule has 0 fully saturated rings. The van der Waals surface area contributed by atoms with Crippen LogP contribution in [-0.4, -0.2) is 15.6 Å². The van der Waals surface area contributed by atoms with Crippen LogP contribution in [0.25, 0.3) is 0 Å². The summed E-state index contributed by atoms with van der Waals surface area (Å²) >= 11 is 0. The van der Waals surface area contributed by atoms with E-state index in [0.717, 1.165) is 12.8 Å². The zero-order valence-corrected chi connectivity index (χ0v) is 12.4. The molecule has 0 amide bonds. The predicted octanol–water partition coefficient (Wildman–Crippen LogP) is 3.16. The molecule has 0 aliphatic heterocycles. The number of pyridine rings is 1. The third-order valence-electron chi connectivity index (χ3n) is 4.05. The second-order valence-corrected chi connectivity index (χ2v) is 5.12. The van der Waals surface area contributed by atoms with E-state index in [9.17, 15) is 14.7 Å². The number of hydrogen-bond donors (Lipinski definition) is 1. The van der Waals surface area contributed by atoms with E-state index >= 15 is 0 Å². The van der Waals surface area contributed by atoms with E-state index in [-0.39, 0.29) is 17.2 Å². The summed E-state index contributed by atoms with van der Waals surface area (Å²) in [4.78, 5) is 23.5. The predicted molar refractivity (Wildman–Crippen MR) is 75.9 cm³/mol. The Bertz CT molecular complexity index is 527. The van der Waals surface area contributed by atoms with Crippen LogP contribution in [0.15, 0.2) is 10.9 Å². The van der Waals surface area contributed by atoms with Gasteiger partial charge in [0.2, 0.25) is 0 Å². The van der Waals surface area contributed by atoms with Crippen LogP contribution in [-0.2, 0) is 0 Å². The summed E-state index contributed by atoms with van der Waals surface area (Å²) in [5.74, 6) is -0.596. The Balaban J connectivity index is 3.48. The fraction of sp³-hybridized carbons (Fsp3) is 0.600. The van der Waals surface area contributed by atoms with Gasteiger partial charge in [0.25, 0.3) is 5.56 Å². The number of aryl methyl sites for hydroxylation is 1. The topological polar surface area (TPSA) is 59.3 Å². The first-order valence-electron chi connectivity index (χ1n) is 6.81. The Hall–Kier alpha value is -1.58. The largest absolute Gasteiger partial charge is 0.478 e. The maximum Gasteiger partial charge on any atom is 0.337 e. The lowest BCUT2D eigenvalue weighted by Gasteiger charge is -2.26. The second-order valence-electron chi connectivity index (χ2n) is 5.12. The maximum absolute atomic E-state index is 12.2. The number of aromatic nitrogens is 1. The minimum Gasteiger partial charge on any atom is -0.478 e. The van der Waals surface area contributed by atoms with E-state index in [0.29, 0.717) is 17.2 Å². The first kappa shape index (κ1) is 15.5. The summed E-state index contributed by atoms with van der Waals surface area (Å²) in [6.45, 7) is 9.57. The van der Waals surface area contributed by atoms with Gasteiger partial charge in [0, 0.05) is 17.8 Å². The molecule has 1 N–H and O–H groups in total. The number of carboxylic acids is 1. The van der Waals surface area contributed by atoms with Crippen molar-refractivity contribution in [1.29, 1.82) is 0 Å². The fourth-order valence-corrected chi connectivity index (χ4v) is 2.91. The van der Waals surface area contributed by atoms with E-state index in [1.54, 1.807) is 18.4 Å². The molecule has 1 unspecified atom stereocenters. The summed E-state index contributed by atoms with van der Waals surface area (Å²) in [6.07, 6.45) is 1.94. The molecule has 4 heteroatoms. The number of aromatic carboxylic acids is 1. The van der Waals surface area contributed by atoms with E-state index < -0.39 is 5.97 Å². The molecule has 0 aliphatic carbocycles. The van der Waals surface area contributed by atoms with Gasteiger partial charge in [0.15, 0.2) is 0 Å². The van der Waals surface area contributed by atoms with E-state index in [4.69, 9.17) is 0 Å². The lowest BCUT2D eigenvalue weighted by molar-refractivity contribution is 0.0693. The zero-order valence-electron chi connectivity index (χ0n) is 12.4. The number of rotatable bonds is 5. The summed E-state index contributed by atoms with van der Waals surface area (Å²) in [6, 6.07) is 1.44. The molecule has 1 heterocycles. The molecule has 0 bridgehead atoms. The van der Waals surface area contributed by atoms with Crippen LogP contribution >= 0.6 is 0 Å². The highest BCUT2D eigenvalue weighted by Gasteiger charge is 2.22. The number of hydrogen-bond acceptors (Lipinski definition) is 2. The van der Waals surface area contributed by atoms with Crippen molar-refractivity contribution in [1.82, 2.24) is 4.57 Å². The van der Waals surface area contributed by atoms with Gasteiger partial charge in [0.1, 0.15) is 0 Å². The third kappa shape index (κ3) is 2.88. The van der Waals surface area contributed by atoms with Crippen molar-refractivity contribution in [2.45, 2.75) is 53.5 Å². The molecular formula is C15H23NO3. The number of nitrogens with zero attached hydrogens (tertiary/aromatic N) is 1. The van der Waals surface area contributed by atoms with Crippen molar-refractivity contribution in [2.75, 3.05) is 0 Å². The second kappa shape index (κ2) is 6.04. The molecule has 19 heavy (non-hydrogen) atoms. The van der Waals surface area contributed by atoms with Gasteiger partial charge in [-0.25, -0.2) is 4.79 Å². The molecule has 0 aliphatic rings. The molecule has 0 saturated heterocycles. The number of carbonyl (C=O) groups is 1. The average molecular weight is 265 g/mol. The highest BCUT2D eigenvalue weighted by Crippen LogP contribution is 2.25. The van der Waals surface area contributed by atoms with Crippen LogP contribution in [0.2, 0.25) is 0 Å². The van der Waals surface area contributed by atoms with Crippen molar-refractivity contribution in [3.05, 3.63) is 33.2 Å². The van der Waals surface area contributed by atoms with Crippen LogP contribution in [0.3, 0.4) is 0 Å². The average Bonchev–Trinajstić information content (AvgIpc) is 2.28. The molecule has 0 radical (unpaired) electrons. The SMILES string of the molecule is CCC(CC)C(C)n1c(C)c(C(=O)O)c(C)cc1=O. The molecule has 1 atom stereocenters. The molecule has 1 aromatic rings. The zero-order chi connectivity index (χ0) is 14.7. The summed E-state index contributed by atoms with van der Waals surface area (Å²) in [5.41, 5.74) is 1.22. The van der Waals surface area contributed by atoms with Crippen LogP contribution < -0.4 is 5.56 Å². The smallest absolute Gasteiger partial charge is 0.337 e. The molecule has 0 aromatic carbocycles. The molecule has 0 spiro atoms. The minimum absolute atomic E-state index is 0.0150. The lowest BCUT2D eigenvalue weighted by atomic mass is 9.94. The summed E-state index contributed by atoms with van der Waals surface area (Å²) < 4.78 is 1.63. The highest BCUT2D eigenvalue weighted by atomic mass is 16.4. The molecule has 106 valence electrons. The van der Waals surface area contributed by atoms with Gasteiger partial charge >= 0.3 is 5.97 Å². The Labute approximate surface area is 114 Å². The van der Waals surface area contributed by atoms with E-state index in [1.165, 1.54) is 6.07 Å². The van der Waals surface area contributed by atoms with Crippen molar-refractivity contribution in [3.63, 3.8) is 0 Å². The first-order valence-corrected chi connectivity index (χ1v) is 6.81. The number of carboxylic acid groups (broad SMARTS) is 1. The van der Waals surface area contributed by atoms with Crippen molar-refractivity contribution in [3.8, 4) is 0 Å².